The van der Waals surface area contributed by atoms with Gasteiger partial charge in [0.05, 0.1) is 4.90 Å². The molecule has 1 amide bonds. The highest BCUT2D eigenvalue weighted by Gasteiger charge is 2.30. The van der Waals surface area contributed by atoms with Crippen LogP contribution in [-0.4, -0.2) is 66.5 Å². The Morgan fingerprint density at radius 2 is 1.75 bits per heavy atom. The molecule has 0 saturated carbocycles. The van der Waals surface area contributed by atoms with Gasteiger partial charge in [-0.3, -0.25) is 4.79 Å². The fourth-order valence-electron chi connectivity index (χ4n) is 3.19. The molecule has 2 heterocycles. The molecule has 32 heavy (non-hydrogen) atoms. The molecular formula is C20H18F2N4O5S. The van der Waals surface area contributed by atoms with Crippen molar-refractivity contribution < 1.29 is 31.1 Å². The molecule has 1 aromatic heterocycles. The fraction of sp³-hybridized carbons (Fsp3) is 0.250. The van der Waals surface area contributed by atoms with E-state index in [0.29, 0.717) is 23.3 Å². The average molecular weight is 464 g/mol. The Morgan fingerprint density at radius 3 is 2.38 bits per heavy atom. The van der Waals surface area contributed by atoms with Crippen LogP contribution in [0.5, 0.6) is 5.75 Å². The van der Waals surface area contributed by atoms with Gasteiger partial charge in [0.25, 0.3) is 5.91 Å². The molecule has 0 atom stereocenters. The van der Waals surface area contributed by atoms with E-state index in [1.807, 2.05) is 0 Å². The van der Waals surface area contributed by atoms with Crippen molar-refractivity contribution in [1.29, 1.82) is 0 Å². The van der Waals surface area contributed by atoms with Crippen LogP contribution in [0, 0.1) is 11.6 Å². The largest absolute Gasteiger partial charge is 0.484 e. The zero-order valence-corrected chi connectivity index (χ0v) is 17.5. The summed E-state index contributed by atoms with van der Waals surface area (Å²) in [5.41, 5.74) is 0.708. The van der Waals surface area contributed by atoms with Crippen LogP contribution in [0.25, 0.3) is 11.5 Å². The summed E-state index contributed by atoms with van der Waals surface area (Å²) < 4.78 is 63.6. The minimum atomic E-state index is -3.99. The second-order valence-electron chi connectivity index (χ2n) is 6.92. The van der Waals surface area contributed by atoms with E-state index in [1.54, 1.807) is 24.3 Å². The Balaban J connectivity index is 1.30. The standard InChI is InChI=1S/C20H18F2N4O5S/c21-17-6-5-16(11-18(17)22)32(28,29)26-9-7-25(8-10-26)19(27)12-30-15-3-1-14(2-4-15)20-24-23-13-31-20/h1-6,11,13H,7-10,12H2. The number of carbonyl (C=O) groups is 1. The number of aromatic nitrogens is 2. The highest BCUT2D eigenvalue weighted by atomic mass is 32.2. The Morgan fingerprint density at radius 1 is 1.03 bits per heavy atom. The topological polar surface area (TPSA) is 106 Å². The van der Waals surface area contributed by atoms with E-state index in [4.69, 9.17) is 9.15 Å². The molecule has 1 aliphatic rings. The number of sulfonamides is 1. The van der Waals surface area contributed by atoms with E-state index in [0.717, 1.165) is 16.4 Å². The number of halogens is 2. The maximum atomic E-state index is 13.4. The van der Waals surface area contributed by atoms with Crippen molar-refractivity contribution in [2.24, 2.45) is 0 Å². The SMILES string of the molecule is O=C(COc1ccc(-c2nnco2)cc1)N1CCN(S(=O)(=O)c2ccc(F)c(F)c2)CC1. The fourth-order valence-corrected chi connectivity index (χ4v) is 4.63. The van der Waals surface area contributed by atoms with Gasteiger partial charge in [-0.2, -0.15) is 4.31 Å². The summed E-state index contributed by atoms with van der Waals surface area (Å²) in [6.45, 7) is 0.163. The summed E-state index contributed by atoms with van der Waals surface area (Å²) in [6.07, 6.45) is 1.22. The molecule has 4 rings (SSSR count). The summed E-state index contributed by atoms with van der Waals surface area (Å²) in [5, 5.41) is 7.41. The molecule has 1 saturated heterocycles. The number of ether oxygens (including phenoxy) is 1. The van der Waals surface area contributed by atoms with Crippen molar-refractivity contribution in [3.63, 3.8) is 0 Å². The monoisotopic (exact) mass is 464 g/mol. The molecule has 3 aromatic rings. The number of hydrogen-bond acceptors (Lipinski definition) is 7. The molecule has 0 radical (unpaired) electrons. The van der Waals surface area contributed by atoms with E-state index < -0.39 is 21.7 Å². The molecule has 0 bridgehead atoms. The number of piperazine rings is 1. The predicted octanol–water partition coefficient (Wildman–Crippen LogP) is 1.93. The summed E-state index contributed by atoms with van der Waals surface area (Å²) in [7, 11) is -3.99. The zero-order valence-electron chi connectivity index (χ0n) is 16.6. The summed E-state index contributed by atoms with van der Waals surface area (Å²) in [6, 6.07) is 9.21. The Hall–Kier alpha value is -3.38. The maximum absolute atomic E-state index is 13.4. The van der Waals surface area contributed by atoms with Crippen LogP contribution in [0.15, 0.2) is 58.2 Å². The highest BCUT2D eigenvalue weighted by Crippen LogP contribution is 2.21. The van der Waals surface area contributed by atoms with Crippen molar-refractivity contribution in [3.8, 4) is 17.2 Å². The number of hydrogen-bond donors (Lipinski definition) is 0. The molecular weight excluding hydrogens is 446 g/mol. The van der Waals surface area contributed by atoms with Crippen LogP contribution in [-0.2, 0) is 14.8 Å². The quantitative estimate of drug-likeness (QED) is 0.549. The van der Waals surface area contributed by atoms with E-state index in [1.165, 1.54) is 11.3 Å². The van der Waals surface area contributed by atoms with Crippen molar-refractivity contribution in [1.82, 2.24) is 19.4 Å². The molecule has 2 aromatic carbocycles. The second-order valence-corrected chi connectivity index (χ2v) is 8.86. The van der Waals surface area contributed by atoms with Crippen molar-refractivity contribution in [2.45, 2.75) is 4.90 Å². The van der Waals surface area contributed by atoms with E-state index in [9.17, 15) is 22.0 Å². The maximum Gasteiger partial charge on any atom is 0.260 e. The molecule has 1 aliphatic heterocycles. The van der Waals surface area contributed by atoms with Crippen LogP contribution < -0.4 is 4.74 Å². The third kappa shape index (κ3) is 4.60. The third-order valence-corrected chi connectivity index (χ3v) is 6.84. The van der Waals surface area contributed by atoms with Gasteiger partial charge in [-0.1, -0.05) is 0 Å². The molecule has 1 fully saturated rings. The zero-order chi connectivity index (χ0) is 22.7. The first-order valence-corrected chi connectivity index (χ1v) is 11.0. The number of benzene rings is 2. The van der Waals surface area contributed by atoms with Crippen molar-refractivity contribution in [2.75, 3.05) is 32.8 Å². The second kappa shape index (κ2) is 9.01. The van der Waals surface area contributed by atoms with Gasteiger partial charge in [0, 0.05) is 31.7 Å². The van der Waals surface area contributed by atoms with E-state index in [2.05, 4.69) is 10.2 Å². The number of nitrogens with zero attached hydrogens (tertiary/aromatic N) is 4. The van der Waals surface area contributed by atoms with E-state index in [-0.39, 0.29) is 43.6 Å². The van der Waals surface area contributed by atoms with Gasteiger partial charge in [0.15, 0.2) is 18.2 Å². The minimum Gasteiger partial charge on any atom is -0.484 e. The van der Waals surface area contributed by atoms with Gasteiger partial charge < -0.3 is 14.1 Å². The smallest absolute Gasteiger partial charge is 0.260 e. The van der Waals surface area contributed by atoms with Crippen LogP contribution in [0.3, 0.4) is 0 Å². The lowest BCUT2D eigenvalue weighted by molar-refractivity contribution is -0.134. The van der Waals surface area contributed by atoms with Crippen molar-refractivity contribution >= 4 is 15.9 Å². The Kier molecular flexibility index (Phi) is 6.15. The highest BCUT2D eigenvalue weighted by molar-refractivity contribution is 7.89. The first-order valence-electron chi connectivity index (χ1n) is 9.57. The van der Waals surface area contributed by atoms with Crippen LogP contribution in [0.4, 0.5) is 8.78 Å². The Bertz CT molecular complexity index is 1200. The molecule has 9 nitrogen and oxygen atoms in total. The molecule has 0 spiro atoms. The van der Waals surface area contributed by atoms with Crippen LogP contribution >= 0.6 is 0 Å². The van der Waals surface area contributed by atoms with Crippen molar-refractivity contribution in [3.05, 3.63) is 60.5 Å². The molecule has 12 heteroatoms. The molecule has 0 N–H and O–H groups in total. The number of carbonyl (C=O) groups excluding carboxylic acids is 1. The lowest BCUT2D eigenvalue weighted by Gasteiger charge is -2.34. The average Bonchev–Trinajstić information content (AvgIpc) is 3.34. The van der Waals surface area contributed by atoms with E-state index >= 15 is 0 Å². The molecule has 0 unspecified atom stereocenters. The first-order chi connectivity index (χ1) is 15.3. The molecule has 168 valence electrons. The van der Waals surface area contributed by atoms with Crippen LogP contribution in [0.2, 0.25) is 0 Å². The van der Waals surface area contributed by atoms with Gasteiger partial charge in [-0.25, -0.2) is 17.2 Å². The van der Waals surface area contributed by atoms with Gasteiger partial charge >= 0.3 is 0 Å². The summed E-state index contributed by atoms with van der Waals surface area (Å²) in [4.78, 5) is 13.6. The minimum absolute atomic E-state index is 0.0337. The van der Waals surface area contributed by atoms with Gasteiger partial charge in [-0.15, -0.1) is 10.2 Å². The molecule has 0 aliphatic carbocycles. The van der Waals surface area contributed by atoms with Gasteiger partial charge in [0.1, 0.15) is 5.75 Å². The van der Waals surface area contributed by atoms with Crippen LogP contribution in [0.1, 0.15) is 0 Å². The number of rotatable bonds is 6. The summed E-state index contributed by atoms with van der Waals surface area (Å²) >= 11 is 0. The Labute approximate surface area is 182 Å². The predicted molar refractivity (Wildman–Crippen MR) is 107 cm³/mol. The third-order valence-electron chi connectivity index (χ3n) is 4.94. The normalized spacial score (nSPS) is 15.0. The lowest BCUT2D eigenvalue weighted by atomic mass is 10.2. The first kappa shape index (κ1) is 21.8. The lowest BCUT2D eigenvalue weighted by Crippen LogP contribution is -2.51. The van der Waals surface area contributed by atoms with Gasteiger partial charge in [0.2, 0.25) is 22.3 Å². The summed E-state index contributed by atoms with van der Waals surface area (Å²) in [5.74, 6) is -1.81. The number of amides is 1. The van der Waals surface area contributed by atoms with Gasteiger partial charge in [-0.05, 0) is 42.5 Å².